The van der Waals surface area contributed by atoms with Crippen LogP contribution in [0.2, 0.25) is 0 Å². The maximum absolute atomic E-state index is 11.7. The zero-order chi connectivity index (χ0) is 13.1. The molecular weight excluding hydrogens is 232 g/mol. The molecule has 1 atom stereocenters. The summed E-state index contributed by atoms with van der Waals surface area (Å²) in [6, 6.07) is 7.25. The number of rotatable bonds is 4. The van der Waals surface area contributed by atoms with E-state index < -0.39 is 6.04 Å². The number of aromatic nitrogens is 2. The molecule has 0 aliphatic heterocycles. The number of carbonyl (C=O) groups is 1. The van der Waals surface area contributed by atoms with Gasteiger partial charge in [0.25, 0.3) is 0 Å². The maximum Gasteiger partial charge on any atom is 0.328 e. The number of carbonyl (C=O) groups excluding carboxylic acids is 1. The SMILES string of the molecule is COCc1nc2ccccc2n1C(C)C(=O)OC. The van der Waals surface area contributed by atoms with Crippen molar-refractivity contribution in [1.29, 1.82) is 0 Å². The molecule has 18 heavy (non-hydrogen) atoms. The molecule has 0 bridgehead atoms. The van der Waals surface area contributed by atoms with Crippen molar-refractivity contribution >= 4 is 17.0 Å². The van der Waals surface area contributed by atoms with Crippen molar-refractivity contribution in [3.8, 4) is 0 Å². The number of nitrogens with zero attached hydrogens (tertiary/aromatic N) is 2. The van der Waals surface area contributed by atoms with Gasteiger partial charge in [-0.1, -0.05) is 12.1 Å². The third kappa shape index (κ3) is 2.09. The zero-order valence-electron chi connectivity index (χ0n) is 10.7. The molecule has 1 aromatic heterocycles. The van der Waals surface area contributed by atoms with Gasteiger partial charge in [0.1, 0.15) is 18.5 Å². The molecule has 0 saturated carbocycles. The van der Waals surface area contributed by atoms with E-state index in [0.29, 0.717) is 6.61 Å². The Labute approximate surface area is 105 Å². The Morgan fingerprint density at radius 2 is 2.11 bits per heavy atom. The lowest BCUT2D eigenvalue weighted by Crippen LogP contribution is -2.20. The van der Waals surface area contributed by atoms with Crippen LogP contribution in [0.4, 0.5) is 0 Å². The van der Waals surface area contributed by atoms with Gasteiger partial charge >= 0.3 is 5.97 Å². The summed E-state index contributed by atoms with van der Waals surface area (Å²) in [5, 5.41) is 0. The van der Waals surface area contributed by atoms with Crippen LogP contribution in [0.1, 0.15) is 18.8 Å². The predicted molar refractivity (Wildman–Crippen MR) is 67.2 cm³/mol. The van der Waals surface area contributed by atoms with Gasteiger partial charge in [-0.3, -0.25) is 0 Å². The van der Waals surface area contributed by atoms with E-state index in [2.05, 4.69) is 4.98 Å². The number of hydrogen-bond donors (Lipinski definition) is 0. The van der Waals surface area contributed by atoms with Crippen molar-refractivity contribution in [2.45, 2.75) is 19.6 Å². The number of esters is 1. The average molecular weight is 248 g/mol. The van der Waals surface area contributed by atoms with Gasteiger partial charge in [-0.15, -0.1) is 0 Å². The van der Waals surface area contributed by atoms with Gasteiger partial charge in [-0.05, 0) is 19.1 Å². The van der Waals surface area contributed by atoms with Gasteiger partial charge < -0.3 is 14.0 Å². The molecule has 0 saturated heterocycles. The maximum atomic E-state index is 11.7. The number of fused-ring (bicyclic) bond motifs is 1. The van der Waals surface area contributed by atoms with E-state index in [1.54, 1.807) is 14.0 Å². The van der Waals surface area contributed by atoms with Gasteiger partial charge in [-0.2, -0.15) is 0 Å². The van der Waals surface area contributed by atoms with Gasteiger partial charge in [0, 0.05) is 7.11 Å². The Bertz CT molecular complexity index is 562. The van der Waals surface area contributed by atoms with Crippen LogP contribution in [0.3, 0.4) is 0 Å². The van der Waals surface area contributed by atoms with Gasteiger partial charge in [0.05, 0.1) is 18.1 Å². The van der Waals surface area contributed by atoms with Crippen LogP contribution < -0.4 is 0 Å². The normalized spacial score (nSPS) is 12.6. The highest BCUT2D eigenvalue weighted by Gasteiger charge is 2.21. The molecule has 0 fully saturated rings. The number of benzene rings is 1. The van der Waals surface area contributed by atoms with Crippen molar-refractivity contribution in [1.82, 2.24) is 9.55 Å². The second-order valence-corrected chi connectivity index (χ2v) is 4.02. The van der Waals surface area contributed by atoms with E-state index in [-0.39, 0.29) is 5.97 Å². The molecule has 2 aromatic rings. The first-order valence-electron chi connectivity index (χ1n) is 5.71. The third-order valence-electron chi connectivity index (χ3n) is 2.87. The van der Waals surface area contributed by atoms with Crippen LogP contribution >= 0.6 is 0 Å². The number of hydrogen-bond acceptors (Lipinski definition) is 4. The lowest BCUT2D eigenvalue weighted by Gasteiger charge is -2.15. The Balaban J connectivity index is 2.57. The van der Waals surface area contributed by atoms with Crippen molar-refractivity contribution in [2.75, 3.05) is 14.2 Å². The highest BCUT2D eigenvalue weighted by Crippen LogP contribution is 2.22. The smallest absolute Gasteiger partial charge is 0.328 e. The molecule has 0 amide bonds. The van der Waals surface area contributed by atoms with E-state index in [1.165, 1.54) is 7.11 Å². The van der Waals surface area contributed by atoms with Crippen molar-refractivity contribution in [3.05, 3.63) is 30.1 Å². The monoisotopic (exact) mass is 248 g/mol. The Morgan fingerprint density at radius 3 is 2.78 bits per heavy atom. The largest absolute Gasteiger partial charge is 0.467 e. The fourth-order valence-corrected chi connectivity index (χ4v) is 2.03. The van der Waals surface area contributed by atoms with Crippen LogP contribution in [0.25, 0.3) is 11.0 Å². The molecule has 0 aliphatic carbocycles. The molecule has 0 aliphatic rings. The Morgan fingerprint density at radius 1 is 1.39 bits per heavy atom. The molecule has 1 unspecified atom stereocenters. The second kappa shape index (κ2) is 5.18. The summed E-state index contributed by atoms with van der Waals surface area (Å²) in [6.07, 6.45) is 0. The van der Waals surface area contributed by atoms with E-state index in [4.69, 9.17) is 9.47 Å². The number of methoxy groups -OCH3 is 2. The first-order valence-corrected chi connectivity index (χ1v) is 5.71. The lowest BCUT2D eigenvalue weighted by atomic mass is 10.2. The first kappa shape index (κ1) is 12.6. The summed E-state index contributed by atoms with van der Waals surface area (Å²) in [7, 11) is 2.99. The fraction of sp³-hybridized carbons (Fsp3) is 0.385. The number of ether oxygens (including phenoxy) is 2. The molecule has 0 radical (unpaired) electrons. The molecule has 0 spiro atoms. The molecule has 96 valence electrons. The van der Waals surface area contributed by atoms with Crippen LogP contribution in [-0.4, -0.2) is 29.7 Å². The minimum absolute atomic E-state index is 0.296. The number of imidazole rings is 1. The van der Waals surface area contributed by atoms with Crippen molar-refractivity contribution < 1.29 is 14.3 Å². The number of para-hydroxylation sites is 2. The zero-order valence-corrected chi connectivity index (χ0v) is 10.7. The fourth-order valence-electron chi connectivity index (χ4n) is 2.03. The standard InChI is InChI=1S/C13H16N2O3/c1-9(13(16)18-3)15-11-7-5-4-6-10(11)14-12(15)8-17-2/h4-7,9H,8H2,1-3H3. The highest BCUT2D eigenvalue weighted by molar-refractivity contribution is 5.81. The quantitative estimate of drug-likeness (QED) is 0.776. The molecule has 1 aromatic carbocycles. The highest BCUT2D eigenvalue weighted by atomic mass is 16.5. The van der Waals surface area contributed by atoms with E-state index in [9.17, 15) is 4.79 Å². The molecule has 2 rings (SSSR count). The third-order valence-corrected chi connectivity index (χ3v) is 2.87. The topological polar surface area (TPSA) is 53.4 Å². The van der Waals surface area contributed by atoms with E-state index in [1.807, 2.05) is 28.8 Å². The molecule has 5 heteroatoms. The molecule has 5 nitrogen and oxygen atoms in total. The summed E-state index contributed by atoms with van der Waals surface area (Å²) < 4.78 is 11.8. The van der Waals surface area contributed by atoms with Crippen LogP contribution in [0.15, 0.2) is 24.3 Å². The summed E-state index contributed by atoms with van der Waals surface area (Å²) >= 11 is 0. The summed E-state index contributed by atoms with van der Waals surface area (Å²) in [5.41, 5.74) is 1.75. The summed E-state index contributed by atoms with van der Waals surface area (Å²) in [6.45, 7) is 2.15. The summed E-state index contributed by atoms with van der Waals surface area (Å²) in [5.74, 6) is 0.423. The van der Waals surface area contributed by atoms with E-state index in [0.717, 1.165) is 16.9 Å². The first-order chi connectivity index (χ1) is 8.69. The molecule has 0 N–H and O–H groups in total. The van der Waals surface area contributed by atoms with Crippen LogP contribution in [0.5, 0.6) is 0 Å². The second-order valence-electron chi connectivity index (χ2n) is 4.02. The molecule has 1 heterocycles. The van der Waals surface area contributed by atoms with Gasteiger partial charge in [0.2, 0.25) is 0 Å². The average Bonchev–Trinajstić information content (AvgIpc) is 2.75. The Kier molecular flexibility index (Phi) is 3.62. The van der Waals surface area contributed by atoms with Crippen LogP contribution in [-0.2, 0) is 20.9 Å². The Hall–Kier alpha value is -1.88. The minimum Gasteiger partial charge on any atom is -0.467 e. The minimum atomic E-state index is -0.424. The summed E-state index contributed by atoms with van der Waals surface area (Å²) in [4.78, 5) is 16.2. The van der Waals surface area contributed by atoms with E-state index >= 15 is 0 Å². The lowest BCUT2D eigenvalue weighted by molar-refractivity contribution is -0.144. The van der Waals surface area contributed by atoms with Crippen molar-refractivity contribution in [3.63, 3.8) is 0 Å². The van der Waals surface area contributed by atoms with Gasteiger partial charge in [-0.25, -0.2) is 9.78 Å². The van der Waals surface area contributed by atoms with Gasteiger partial charge in [0.15, 0.2) is 0 Å². The van der Waals surface area contributed by atoms with Crippen LogP contribution in [0, 0.1) is 0 Å². The predicted octanol–water partition coefficient (Wildman–Crippen LogP) is 1.92. The molecular formula is C13H16N2O3. The van der Waals surface area contributed by atoms with Crippen molar-refractivity contribution in [2.24, 2.45) is 0 Å².